The van der Waals surface area contributed by atoms with E-state index in [1.807, 2.05) is 22.9 Å². The van der Waals surface area contributed by atoms with Gasteiger partial charge in [-0.2, -0.15) is 18.3 Å². The minimum atomic E-state index is -4.51. The molecule has 1 heterocycles. The third-order valence-corrected chi connectivity index (χ3v) is 7.24. The Morgan fingerprint density at radius 3 is 2.29 bits per heavy atom. The van der Waals surface area contributed by atoms with Crippen LogP contribution < -0.4 is 4.74 Å². The topological polar surface area (TPSA) is 81.4 Å². The molecule has 0 fully saturated rings. The number of aliphatic carboxylic acids is 1. The number of ether oxygens (including phenoxy) is 1. The summed E-state index contributed by atoms with van der Waals surface area (Å²) in [6.07, 6.45) is -1.69. The summed E-state index contributed by atoms with van der Waals surface area (Å²) in [5, 5.41) is 14.1. The van der Waals surface area contributed by atoms with E-state index in [0.717, 1.165) is 29.6 Å². The SMILES string of the molecule is COc1c(-c2ccc(C(F)(F)F)cc2Cl)ccc2c1cnn2[C@@H](CC(C)C)c1ccc(C(=O)CCCC(=O)O)cc1. The predicted molar refractivity (Wildman–Crippen MR) is 152 cm³/mol. The van der Waals surface area contributed by atoms with Gasteiger partial charge in [0, 0.05) is 34.6 Å². The number of Topliss-reactive ketones (excluding diaryl/α,β-unsaturated/α-hetero) is 1. The molecule has 1 atom stereocenters. The molecule has 41 heavy (non-hydrogen) atoms. The molecule has 216 valence electrons. The molecular formula is C31H30ClF3N2O4. The van der Waals surface area contributed by atoms with Crippen molar-refractivity contribution in [1.82, 2.24) is 9.78 Å². The first-order chi connectivity index (χ1) is 19.4. The Bertz CT molecular complexity index is 1560. The fourth-order valence-electron chi connectivity index (χ4n) is 4.95. The number of ketones is 1. The molecule has 0 radical (unpaired) electrons. The van der Waals surface area contributed by atoms with Gasteiger partial charge in [0.05, 0.1) is 35.8 Å². The van der Waals surface area contributed by atoms with Gasteiger partial charge in [-0.25, -0.2) is 0 Å². The Balaban J connectivity index is 1.70. The molecule has 0 bridgehead atoms. The Morgan fingerprint density at radius 1 is 1.02 bits per heavy atom. The highest BCUT2D eigenvalue weighted by atomic mass is 35.5. The number of fused-ring (bicyclic) bond motifs is 1. The van der Waals surface area contributed by atoms with Crippen molar-refractivity contribution in [2.45, 2.75) is 51.7 Å². The number of benzene rings is 3. The molecule has 4 aromatic rings. The van der Waals surface area contributed by atoms with E-state index in [1.54, 1.807) is 24.4 Å². The Kier molecular flexibility index (Phi) is 9.07. The summed E-state index contributed by atoms with van der Waals surface area (Å²) in [6, 6.07) is 14.0. The number of carbonyl (C=O) groups excluding carboxylic acids is 1. The second-order valence-electron chi connectivity index (χ2n) is 10.3. The largest absolute Gasteiger partial charge is 0.495 e. The minimum absolute atomic E-state index is 0.0415. The van der Waals surface area contributed by atoms with Crippen LogP contribution in [0.15, 0.2) is 60.8 Å². The quantitative estimate of drug-likeness (QED) is 0.178. The van der Waals surface area contributed by atoms with E-state index in [9.17, 15) is 22.8 Å². The van der Waals surface area contributed by atoms with Gasteiger partial charge in [0.15, 0.2) is 5.78 Å². The number of methoxy groups -OCH3 is 1. The third kappa shape index (κ3) is 6.73. The molecule has 1 aromatic heterocycles. The summed E-state index contributed by atoms with van der Waals surface area (Å²) >= 11 is 6.29. The maximum absolute atomic E-state index is 13.2. The minimum Gasteiger partial charge on any atom is -0.495 e. The smallest absolute Gasteiger partial charge is 0.416 e. The number of rotatable bonds is 11. The zero-order chi connectivity index (χ0) is 29.9. The van der Waals surface area contributed by atoms with Crippen LogP contribution in [0.4, 0.5) is 13.2 Å². The lowest BCUT2D eigenvalue weighted by molar-refractivity contribution is -0.138. The van der Waals surface area contributed by atoms with Crippen LogP contribution in [0.5, 0.6) is 5.75 Å². The van der Waals surface area contributed by atoms with Gasteiger partial charge < -0.3 is 9.84 Å². The Hall–Kier alpha value is -3.85. The van der Waals surface area contributed by atoms with Crippen molar-refractivity contribution in [3.8, 4) is 16.9 Å². The van der Waals surface area contributed by atoms with E-state index in [1.165, 1.54) is 13.2 Å². The van der Waals surface area contributed by atoms with Crippen molar-refractivity contribution in [3.63, 3.8) is 0 Å². The monoisotopic (exact) mass is 586 g/mol. The van der Waals surface area contributed by atoms with Crippen molar-refractivity contribution in [2.75, 3.05) is 7.11 Å². The summed E-state index contributed by atoms with van der Waals surface area (Å²) in [6.45, 7) is 4.20. The molecule has 0 aliphatic carbocycles. The number of carbonyl (C=O) groups is 2. The maximum Gasteiger partial charge on any atom is 0.416 e. The predicted octanol–water partition coefficient (Wildman–Crippen LogP) is 8.46. The van der Waals surface area contributed by atoms with Crippen LogP contribution in [0.25, 0.3) is 22.0 Å². The first-order valence-electron chi connectivity index (χ1n) is 13.2. The highest BCUT2D eigenvalue weighted by molar-refractivity contribution is 6.33. The van der Waals surface area contributed by atoms with Crippen LogP contribution in [0.1, 0.15) is 67.1 Å². The maximum atomic E-state index is 13.2. The molecule has 0 amide bonds. The molecular weight excluding hydrogens is 557 g/mol. The number of aromatic nitrogens is 2. The van der Waals surface area contributed by atoms with Crippen LogP contribution >= 0.6 is 11.6 Å². The highest BCUT2D eigenvalue weighted by Gasteiger charge is 2.31. The average molecular weight is 587 g/mol. The van der Waals surface area contributed by atoms with Crippen LogP contribution in [-0.2, 0) is 11.0 Å². The fraction of sp³-hybridized carbons (Fsp3) is 0.323. The van der Waals surface area contributed by atoms with Crippen LogP contribution in [0.3, 0.4) is 0 Å². The van der Waals surface area contributed by atoms with E-state index in [4.69, 9.17) is 21.4 Å². The summed E-state index contributed by atoms with van der Waals surface area (Å²) < 4.78 is 47.1. The summed E-state index contributed by atoms with van der Waals surface area (Å²) in [5.41, 5.74) is 2.36. The normalized spacial score (nSPS) is 12.6. The van der Waals surface area contributed by atoms with E-state index in [0.29, 0.717) is 33.7 Å². The summed E-state index contributed by atoms with van der Waals surface area (Å²) in [4.78, 5) is 23.3. The second-order valence-corrected chi connectivity index (χ2v) is 10.7. The number of hydrogen-bond donors (Lipinski definition) is 1. The van der Waals surface area contributed by atoms with Crippen LogP contribution in [0, 0.1) is 5.92 Å². The van der Waals surface area contributed by atoms with Crippen molar-refractivity contribution < 1.29 is 32.6 Å². The molecule has 4 rings (SSSR count). The molecule has 0 spiro atoms. The molecule has 3 aromatic carbocycles. The molecule has 0 unspecified atom stereocenters. The Labute approximate surface area is 240 Å². The lowest BCUT2D eigenvalue weighted by Crippen LogP contribution is -2.15. The number of halogens is 4. The van der Waals surface area contributed by atoms with Gasteiger partial charge in [0.2, 0.25) is 0 Å². The fourth-order valence-corrected chi connectivity index (χ4v) is 5.23. The number of hydrogen-bond acceptors (Lipinski definition) is 4. The zero-order valence-electron chi connectivity index (χ0n) is 22.8. The highest BCUT2D eigenvalue weighted by Crippen LogP contribution is 2.42. The molecule has 10 heteroatoms. The zero-order valence-corrected chi connectivity index (χ0v) is 23.6. The third-order valence-electron chi connectivity index (χ3n) is 6.92. The van der Waals surface area contributed by atoms with Gasteiger partial charge in [-0.3, -0.25) is 14.3 Å². The van der Waals surface area contributed by atoms with Crippen molar-refractivity contribution in [2.24, 2.45) is 5.92 Å². The number of carboxylic acids is 1. The van der Waals surface area contributed by atoms with Gasteiger partial charge in [0.1, 0.15) is 5.75 Å². The van der Waals surface area contributed by atoms with Gasteiger partial charge in [-0.1, -0.05) is 55.8 Å². The summed E-state index contributed by atoms with van der Waals surface area (Å²) in [7, 11) is 1.49. The molecule has 6 nitrogen and oxygen atoms in total. The summed E-state index contributed by atoms with van der Waals surface area (Å²) in [5.74, 6) is -0.283. The number of nitrogens with zero attached hydrogens (tertiary/aromatic N) is 2. The standard InChI is InChI=1S/C31H30ClF3N2O4/c1-18(2)15-27(19-7-9-20(10-8-19)28(38)5-4-6-29(39)40)37-26-14-13-23(30(41-3)24(26)17-36-37)22-12-11-21(16-25(22)32)31(33,34)35/h7-14,16-18,27H,4-6,15H2,1-3H3,(H,39,40)/t27-/m0/s1. The molecule has 0 saturated heterocycles. The lowest BCUT2D eigenvalue weighted by atomic mass is 9.95. The van der Waals surface area contributed by atoms with Gasteiger partial charge in [-0.15, -0.1) is 0 Å². The molecule has 0 aliphatic rings. The van der Waals surface area contributed by atoms with Crippen LogP contribution in [0.2, 0.25) is 5.02 Å². The van der Waals surface area contributed by atoms with Gasteiger partial charge in [-0.05, 0) is 48.6 Å². The van der Waals surface area contributed by atoms with Crippen molar-refractivity contribution in [1.29, 1.82) is 0 Å². The second kappa shape index (κ2) is 12.3. The average Bonchev–Trinajstić information content (AvgIpc) is 3.34. The Morgan fingerprint density at radius 2 is 1.71 bits per heavy atom. The van der Waals surface area contributed by atoms with Gasteiger partial charge >= 0.3 is 12.1 Å². The van der Waals surface area contributed by atoms with Crippen LogP contribution in [-0.4, -0.2) is 33.7 Å². The first kappa shape index (κ1) is 30.1. The lowest BCUT2D eigenvalue weighted by Gasteiger charge is -2.22. The van der Waals surface area contributed by atoms with Gasteiger partial charge in [0.25, 0.3) is 0 Å². The molecule has 1 N–H and O–H groups in total. The van der Waals surface area contributed by atoms with E-state index < -0.39 is 17.7 Å². The first-order valence-corrected chi connectivity index (χ1v) is 13.5. The number of alkyl halides is 3. The van der Waals surface area contributed by atoms with E-state index in [-0.39, 0.29) is 36.1 Å². The van der Waals surface area contributed by atoms with Crippen molar-refractivity contribution >= 4 is 34.3 Å². The van der Waals surface area contributed by atoms with E-state index in [2.05, 4.69) is 18.9 Å². The molecule has 0 saturated carbocycles. The number of carboxylic acid groups (broad SMARTS) is 1. The van der Waals surface area contributed by atoms with E-state index >= 15 is 0 Å². The van der Waals surface area contributed by atoms with Crippen molar-refractivity contribution in [3.05, 3.63) is 82.5 Å². The molecule has 0 aliphatic heterocycles.